The molecule has 0 N–H and O–H groups in total. The number of nitro benzene ring substituents is 1. The highest BCUT2D eigenvalue weighted by Crippen LogP contribution is 2.21. The van der Waals surface area contributed by atoms with E-state index in [9.17, 15) is 14.5 Å². The van der Waals surface area contributed by atoms with Crippen molar-refractivity contribution < 1.29 is 9.31 Å². The van der Waals surface area contributed by atoms with Crippen LogP contribution in [0.1, 0.15) is 11.1 Å². The van der Waals surface area contributed by atoms with Crippen LogP contribution >= 0.6 is 12.6 Å². The largest absolute Gasteiger partial charge is 0.305 e. The lowest BCUT2D eigenvalue weighted by Gasteiger charge is -1.99. The molecule has 1 rings (SSSR count). The molecule has 0 aliphatic heterocycles. The quantitative estimate of drug-likeness (QED) is 0.345. The molecule has 0 heterocycles. The maximum absolute atomic E-state index is 13.2. The van der Waals surface area contributed by atoms with E-state index in [2.05, 4.69) is 24.5 Å². The summed E-state index contributed by atoms with van der Waals surface area (Å²) < 4.78 is 13.2. The molecule has 0 saturated heterocycles. The van der Waals surface area contributed by atoms with Crippen LogP contribution in [0, 0.1) is 34.7 Å². The molecule has 1 aromatic rings. The maximum Gasteiger partial charge on any atom is 0.305 e. The molecule has 0 fully saturated rings. The summed E-state index contributed by atoms with van der Waals surface area (Å²) in [7, 11) is 0. The van der Waals surface area contributed by atoms with Crippen LogP contribution in [0.2, 0.25) is 0 Å². The summed E-state index contributed by atoms with van der Waals surface area (Å²) in [4.78, 5) is 9.66. The van der Waals surface area contributed by atoms with Gasteiger partial charge in [-0.1, -0.05) is 11.8 Å². The Morgan fingerprint density at radius 3 is 2.80 bits per heavy atom. The summed E-state index contributed by atoms with van der Waals surface area (Å²) in [6.45, 7) is 1.65. The minimum Gasteiger partial charge on any atom is -0.258 e. The number of thiol groups is 1. The molecular weight excluding hydrogens is 217 g/mol. The fraction of sp³-hybridized carbons (Fsp3) is 0.200. The molecule has 78 valence electrons. The predicted octanol–water partition coefficient (Wildman–Crippen LogP) is 2.32. The first-order valence-corrected chi connectivity index (χ1v) is 4.73. The zero-order valence-electron chi connectivity index (χ0n) is 7.95. The van der Waals surface area contributed by atoms with Crippen LogP contribution in [-0.4, -0.2) is 10.7 Å². The first-order chi connectivity index (χ1) is 7.06. The first kappa shape index (κ1) is 11.5. The van der Waals surface area contributed by atoms with E-state index in [4.69, 9.17) is 0 Å². The Morgan fingerprint density at radius 2 is 2.27 bits per heavy atom. The van der Waals surface area contributed by atoms with E-state index >= 15 is 0 Å². The number of benzene rings is 1. The van der Waals surface area contributed by atoms with Crippen molar-refractivity contribution in [1.82, 2.24) is 0 Å². The smallest absolute Gasteiger partial charge is 0.258 e. The molecule has 0 saturated carbocycles. The van der Waals surface area contributed by atoms with Gasteiger partial charge in [-0.3, -0.25) is 10.1 Å². The monoisotopic (exact) mass is 225 g/mol. The van der Waals surface area contributed by atoms with Crippen molar-refractivity contribution in [2.75, 3.05) is 5.75 Å². The summed E-state index contributed by atoms with van der Waals surface area (Å²) in [5, 5.41) is 10.4. The Kier molecular flexibility index (Phi) is 3.69. The minimum atomic E-state index is -0.867. The third-order valence-corrected chi connectivity index (χ3v) is 1.95. The van der Waals surface area contributed by atoms with Crippen molar-refractivity contribution in [3.8, 4) is 11.8 Å². The lowest BCUT2D eigenvalue weighted by atomic mass is 10.1. The molecule has 0 radical (unpaired) electrons. The second kappa shape index (κ2) is 4.80. The highest BCUT2D eigenvalue weighted by atomic mass is 32.1. The second-order valence-corrected chi connectivity index (χ2v) is 3.15. The van der Waals surface area contributed by atoms with Gasteiger partial charge in [0.05, 0.1) is 10.7 Å². The first-order valence-electron chi connectivity index (χ1n) is 4.10. The number of aryl methyl sites for hydroxylation is 1. The number of hydrogen-bond acceptors (Lipinski definition) is 3. The Morgan fingerprint density at radius 1 is 1.60 bits per heavy atom. The second-order valence-electron chi connectivity index (χ2n) is 2.84. The van der Waals surface area contributed by atoms with Crippen LogP contribution in [0.25, 0.3) is 0 Å². The molecule has 0 spiro atoms. The van der Waals surface area contributed by atoms with Crippen LogP contribution in [0.5, 0.6) is 0 Å². The van der Waals surface area contributed by atoms with Gasteiger partial charge >= 0.3 is 5.69 Å². The Bertz CT molecular complexity index is 462. The number of nitro groups is 1. The molecule has 0 bridgehead atoms. The molecule has 1 aromatic carbocycles. The Balaban J connectivity index is 3.25. The van der Waals surface area contributed by atoms with E-state index in [1.165, 1.54) is 6.07 Å². The number of hydrogen-bond donors (Lipinski definition) is 1. The summed E-state index contributed by atoms with van der Waals surface area (Å²) in [6, 6.07) is 2.25. The molecular formula is C10H8FNO2S. The molecule has 0 aromatic heterocycles. The third kappa shape index (κ3) is 2.70. The lowest BCUT2D eigenvalue weighted by molar-refractivity contribution is -0.387. The summed E-state index contributed by atoms with van der Waals surface area (Å²) >= 11 is 3.89. The van der Waals surface area contributed by atoms with E-state index in [-0.39, 0.29) is 0 Å². The highest BCUT2D eigenvalue weighted by Gasteiger charge is 2.15. The van der Waals surface area contributed by atoms with Gasteiger partial charge in [0.15, 0.2) is 0 Å². The van der Waals surface area contributed by atoms with Gasteiger partial charge in [0.1, 0.15) is 0 Å². The topological polar surface area (TPSA) is 43.1 Å². The lowest BCUT2D eigenvalue weighted by Crippen LogP contribution is -1.95. The van der Waals surface area contributed by atoms with Crippen LogP contribution in [-0.2, 0) is 0 Å². The fourth-order valence-electron chi connectivity index (χ4n) is 1.08. The third-order valence-electron chi connectivity index (χ3n) is 1.79. The zero-order chi connectivity index (χ0) is 11.4. The van der Waals surface area contributed by atoms with Gasteiger partial charge in [-0.05, 0) is 18.6 Å². The van der Waals surface area contributed by atoms with Crippen molar-refractivity contribution in [3.05, 3.63) is 39.2 Å². The Labute approximate surface area is 91.9 Å². The SMILES string of the molecule is Cc1cc([N+](=O)[O-])c(F)cc1C#CCS. The van der Waals surface area contributed by atoms with E-state index in [1.807, 2.05) is 0 Å². The van der Waals surface area contributed by atoms with Gasteiger partial charge < -0.3 is 0 Å². The van der Waals surface area contributed by atoms with Gasteiger partial charge in [-0.2, -0.15) is 17.0 Å². The molecule has 3 nitrogen and oxygen atoms in total. The molecule has 0 aliphatic carbocycles. The summed E-state index contributed by atoms with van der Waals surface area (Å²) in [5.41, 5.74) is 0.508. The van der Waals surface area contributed by atoms with Gasteiger partial charge in [-0.25, -0.2) is 0 Å². The molecule has 0 atom stereocenters. The van der Waals surface area contributed by atoms with E-state index < -0.39 is 16.4 Å². The van der Waals surface area contributed by atoms with Crippen LogP contribution < -0.4 is 0 Å². The normalized spacial score (nSPS) is 9.27. The molecule has 0 amide bonds. The van der Waals surface area contributed by atoms with Gasteiger partial charge in [0.2, 0.25) is 5.82 Å². The van der Waals surface area contributed by atoms with Crippen molar-refractivity contribution in [2.24, 2.45) is 0 Å². The predicted molar refractivity (Wildman–Crippen MR) is 58.5 cm³/mol. The summed E-state index contributed by atoms with van der Waals surface area (Å²) in [6.07, 6.45) is 0. The van der Waals surface area contributed by atoms with Crippen molar-refractivity contribution >= 4 is 18.3 Å². The van der Waals surface area contributed by atoms with Crippen molar-refractivity contribution in [1.29, 1.82) is 0 Å². The summed E-state index contributed by atoms with van der Waals surface area (Å²) in [5.74, 6) is 4.83. The Hall–Kier alpha value is -1.54. The van der Waals surface area contributed by atoms with E-state index in [0.717, 1.165) is 6.07 Å². The molecule has 0 aliphatic rings. The fourth-order valence-corrected chi connectivity index (χ4v) is 1.15. The van der Waals surface area contributed by atoms with E-state index in [0.29, 0.717) is 16.9 Å². The number of rotatable bonds is 1. The van der Waals surface area contributed by atoms with Crippen LogP contribution in [0.15, 0.2) is 12.1 Å². The van der Waals surface area contributed by atoms with Crippen molar-refractivity contribution in [3.63, 3.8) is 0 Å². The average molecular weight is 225 g/mol. The van der Waals surface area contributed by atoms with Crippen LogP contribution in [0.4, 0.5) is 10.1 Å². The molecule has 0 unspecified atom stereocenters. The molecule has 15 heavy (non-hydrogen) atoms. The van der Waals surface area contributed by atoms with Crippen molar-refractivity contribution in [2.45, 2.75) is 6.92 Å². The highest BCUT2D eigenvalue weighted by molar-refractivity contribution is 7.80. The minimum absolute atomic E-state index is 0.359. The van der Waals surface area contributed by atoms with Gasteiger partial charge in [0, 0.05) is 11.6 Å². The number of nitrogens with zero attached hydrogens (tertiary/aromatic N) is 1. The maximum atomic E-state index is 13.2. The zero-order valence-corrected chi connectivity index (χ0v) is 8.85. The van der Waals surface area contributed by atoms with E-state index in [1.54, 1.807) is 6.92 Å². The van der Waals surface area contributed by atoms with Crippen LogP contribution in [0.3, 0.4) is 0 Å². The van der Waals surface area contributed by atoms with Gasteiger partial charge in [0.25, 0.3) is 0 Å². The van der Waals surface area contributed by atoms with Gasteiger partial charge in [-0.15, -0.1) is 0 Å². The number of halogens is 1. The standard InChI is InChI=1S/C10H8FNO2S/c1-7-5-10(12(13)14)9(11)6-8(7)3-2-4-15/h5-6,15H,4H2,1H3. The average Bonchev–Trinajstić information content (AvgIpc) is 2.18. The molecule has 5 heteroatoms.